The molecule has 0 unspecified atom stereocenters. The van der Waals surface area contributed by atoms with Crippen LogP contribution in [0.4, 0.5) is 5.69 Å². The van der Waals surface area contributed by atoms with E-state index in [0.29, 0.717) is 11.3 Å². The van der Waals surface area contributed by atoms with Crippen LogP contribution >= 0.6 is 27.3 Å². The summed E-state index contributed by atoms with van der Waals surface area (Å²) in [6.07, 6.45) is 0.878. The average molecular weight is 340 g/mol. The van der Waals surface area contributed by atoms with Gasteiger partial charge in [-0.25, -0.2) is 4.79 Å². The number of anilines is 1. The van der Waals surface area contributed by atoms with Crippen molar-refractivity contribution in [2.45, 2.75) is 13.3 Å². The second-order valence-corrected chi connectivity index (χ2v) is 6.78. The largest absolute Gasteiger partial charge is 0.478 e. The number of carboxylic acids is 1. The standard InChI is InChI=1S/C14H14BrNO2S/c1-9-2-4-12(11(8-9)14(17)18)16-7-6-10-3-5-13(15)19-10/h2-5,8,16H,6-7H2,1H3,(H,17,18). The fourth-order valence-corrected chi connectivity index (χ4v) is 3.28. The van der Waals surface area contributed by atoms with E-state index in [1.54, 1.807) is 17.4 Å². The number of rotatable bonds is 5. The van der Waals surface area contributed by atoms with Gasteiger partial charge in [-0.2, -0.15) is 0 Å². The minimum Gasteiger partial charge on any atom is -0.478 e. The quantitative estimate of drug-likeness (QED) is 0.859. The number of carboxylic acid groups (broad SMARTS) is 1. The van der Waals surface area contributed by atoms with Crippen molar-refractivity contribution < 1.29 is 9.90 Å². The molecule has 1 aromatic heterocycles. The molecule has 0 aliphatic carbocycles. The van der Waals surface area contributed by atoms with Crippen LogP contribution in [0.2, 0.25) is 0 Å². The molecule has 1 heterocycles. The van der Waals surface area contributed by atoms with E-state index in [1.165, 1.54) is 4.88 Å². The predicted molar refractivity (Wildman–Crippen MR) is 82.4 cm³/mol. The Labute approximate surface area is 124 Å². The first-order valence-electron chi connectivity index (χ1n) is 5.88. The summed E-state index contributed by atoms with van der Waals surface area (Å²) in [5, 5.41) is 12.4. The van der Waals surface area contributed by atoms with E-state index in [0.717, 1.165) is 22.3 Å². The molecule has 100 valence electrons. The fourth-order valence-electron chi connectivity index (χ4n) is 1.80. The number of carbonyl (C=O) groups is 1. The van der Waals surface area contributed by atoms with Crippen molar-refractivity contribution in [2.75, 3.05) is 11.9 Å². The van der Waals surface area contributed by atoms with Gasteiger partial charge in [0, 0.05) is 17.1 Å². The summed E-state index contributed by atoms with van der Waals surface area (Å²) in [6.45, 7) is 2.61. The van der Waals surface area contributed by atoms with Gasteiger partial charge in [0.1, 0.15) is 0 Å². The van der Waals surface area contributed by atoms with Crippen molar-refractivity contribution >= 4 is 38.9 Å². The molecule has 0 saturated heterocycles. The van der Waals surface area contributed by atoms with Gasteiger partial charge in [-0.15, -0.1) is 11.3 Å². The molecule has 19 heavy (non-hydrogen) atoms. The van der Waals surface area contributed by atoms with Crippen LogP contribution < -0.4 is 5.32 Å². The zero-order valence-corrected chi connectivity index (χ0v) is 12.8. The first-order valence-corrected chi connectivity index (χ1v) is 7.49. The lowest BCUT2D eigenvalue weighted by Crippen LogP contribution is -2.09. The van der Waals surface area contributed by atoms with Crippen LogP contribution in [0.15, 0.2) is 34.1 Å². The summed E-state index contributed by atoms with van der Waals surface area (Å²) < 4.78 is 1.11. The molecule has 3 nitrogen and oxygen atoms in total. The second-order valence-electron chi connectivity index (χ2n) is 4.24. The molecule has 0 amide bonds. The Bertz CT molecular complexity index is 595. The van der Waals surface area contributed by atoms with Gasteiger partial charge < -0.3 is 10.4 Å². The van der Waals surface area contributed by atoms with Crippen LogP contribution in [0.5, 0.6) is 0 Å². The normalized spacial score (nSPS) is 10.4. The molecule has 0 radical (unpaired) electrons. The Morgan fingerprint density at radius 3 is 2.79 bits per heavy atom. The van der Waals surface area contributed by atoms with Crippen molar-refractivity contribution in [1.82, 2.24) is 0 Å². The number of benzene rings is 1. The lowest BCUT2D eigenvalue weighted by Gasteiger charge is -2.09. The molecular formula is C14H14BrNO2S. The molecule has 0 fully saturated rings. The third-order valence-corrected chi connectivity index (χ3v) is 4.40. The van der Waals surface area contributed by atoms with Crippen molar-refractivity contribution in [3.63, 3.8) is 0 Å². The maximum absolute atomic E-state index is 11.2. The summed E-state index contributed by atoms with van der Waals surface area (Å²) in [4.78, 5) is 12.4. The van der Waals surface area contributed by atoms with E-state index in [-0.39, 0.29) is 0 Å². The van der Waals surface area contributed by atoms with Crippen LogP contribution in [-0.4, -0.2) is 17.6 Å². The van der Waals surface area contributed by atoms with Gasteiger partial charge in [0.15, 0.2) is 0 Å². The van der Waals surface area contributed by atoms with Gasteiger partial charge in [0.2, 0.25) is 0 Å². The molecule has 0 bridgehead atoms. The van der Waals surface area contributed by atoms with E-state index in [9.17, 15) is 4.79 Å². The Balaban J connectivity index is 2.01. The molecule has 2 N–H and O–H groups in total. The molecular weight excluding hydrogens is 326 g/mol. The maximum atomic E-state index is 11.2. The Morgan fingerprint density at radius 2 is 2.16 bits per heavy atom. The third kappa shape index (κ3) is 3.81. The van der Waals surface area contributed by atoms with Crippen LogP contribution in [0, 0.1) is 6.92 Å². The van der Waals surface area contributed by atoms with E-state index in [1.807, 2.05) is 25.1 Å². The van der Waals surface area contributed by atoms with Gasteiger partial charge >= 0.3 is 5.97 Å². The molecule has 0 spiro atoms. The molecule has 0 aliphatic heterocycles. The zero-order valence-electron chi connectivity index (χ0n) is 10.4. The van der Waals surface area contributed by atoms with Crippen molar-refractivity contribution in [1.29, 1.82) is 0 Å². The summed E-state index contributed by atoms with van der Waals surface area (Å²) in [6, 6.07) is 9.52. The number of thiophene rings is 1. The number of hydrogen-bond acceptors (Lipinski definition) is 3. The molecule has 5 heteroatoms. The highest BCUT2D eigenvalue weighted by atomic mass is 79.9. The summed E-state index contributed by atoms with van der Waals surface area (Å²) in [7, 11) is 0. The Morgan fingerprint density at radius 1 is 1.37 bits per heavy atom. The second kappa shape index (κ2) is 6.21. The molecule has 0 atom stereocenters. The first kappa shape index (κ1) is 14.1. The molecule has 0 saturated carbocycles. The number of nitrogens with one attached hydrogen (secondary N) is 1. The number of aryl methyl sites for hydroxylation is 1. The highest BCUT2D eigenvalue weighted by Crippen LogP contribution is 2.23. The van der Waals surface area contributed by atoms with Crippen molar-refractivity contribution in [3.05, 3.63) is 50.1 Å². The van der Waals surface area contributed by atoms with E-state index in [2.05, 4.69) is 27.3 Å². The number of hydrogen-bond donors (Lipinski definition) is 2. The third-order valence-electron chi connectivity index (χ3n) is 2.72. The smallest absolute Gasteiger partial charge is 0.337 e. The molecule has 2 rings (SSSR count). The molecule has 2 aromatic rings. The molecule has 0 aliphatic rings. The number of aromatic carboxylic acids is 1. The summed E-state index contributed by atoms with van der Waals surface area (Å²) in [5.41, 5.74) is 1.95. The Kier molecular flexibility index (Phi) is 4.61. The number of halogens is 1. The highest BCUT2D eigenvalue weighted by molar-refractivity contribution is 9.11. The minimum absolute atomic E-state index is 0.326. The molecule has 1 aromatic carbocycles. The predicted octanol–water partition coefficient (Wildman–Crippen LogP) is 4.17. The maximum Gasteiger partial charge on any atom is 0.337 e. The van der Waals surface area contributed by atoms with Gasteiger partial charge in [-0.1, -0.05) is 11.6 Å². The SMILES string of the molecule is Cc1ccc(NCCc2ccc(Br)s2)c(C(=O)O)c1. The topological polar surface area (TPSA) is 49.3 Å². The average Bonchev–Trinajstić information content (AvgIpc) is 2.77. The lowest BCUT2D eigenvalue weighted by molar-refractivity contribution is 0.0698. The van der Waals surface area contributed by atoms with Crippen LogP contribution in [0.1, 0.15) is 20.8 Å². The summed E-state index contributed by atoms with van der Waals surface area (Å²) >= 11 is 5.12. The van der Waals surface area contributed by atoms with Gasteiger partial charge in [-0.05, 0) is 53.5 Å². The van der Waals surface area contributed by atoms with Crippen molar-refractivity contribution in [2.24, 2.45) is 0 Å². The summed E-state index contributed by atoms with van der Waals surface area (Å²) in [5.74, 6) is -0.898. The van der Waals surface area contributed by atoms with Crippen LogP contribution in [0.25, 0.3) is 0 Å². The lowest BCUT2D eigenvalue weighted by atomic mass is 10.1. The highest BCUT2D eigenvalue weighted by Gasteiger charge is 2.09. The van der Waals surface area contributed by atoms with Gasteiger partial charge in [-0.3, -0.25) is 0 Å². The van der Waals surface area contributed by atoms with E-state index < -0.39 is 5.97 Å². The van der Waals surface area contributed by atoms with Crippen molar-refractivity contribution in [3.8, 4) is 0 Å². The van der Waals surface area contributed by atoms with Crippen LogP contribution in [-0.2, 0) is 6.42 Å². The zero-order chi connectivity index (χ0) is 13.8. The first-order chi connectivity index (χ1) is 9.06. The van der Waals surface area contributed by atoms with Gasteiger partial charge in [0.05, 0.1) is 9.35 Å². The van der Waals surface area contributed by atoms with Crippen LogP contribution in [0.3, 0.4) is 0 Å². The van der Waals surface area contributed by atoms with E-state index in [4.69, 9.17) is 5.11 Å². The Hall–Kier alpha value is -1.33. The fraction of sp³-hybridized carbons (Fsp3) is 0.214. The van der Waals surface area contributed by atoms with E-state index >= 15 is 0 Å². The monoisotopic (exact) mass is 339 g/mol. The minimum atomic E-state index is -0.898. The van der Waals surface area contributed by atoms with Gasteiger partial charge in [0.25, 0.3) is 0 Å².